The predicted octanol–water partition coefficient (Wildman–Crippen LogP) is 1.41. The Morgan fingerprint density at radius 3 is 2.29 bits per heavy atom. The standard InChI is InChI=1S/C19H31Cl2N3O7/c1-19(2,3)30-18(29)22-13(6-4-5-9-23(10-7-20)11-8-21)17(28)31-24-15(26)12-14(25)16(24)27/h13-14,25H,4-12H2,1-3H3,(H,22,29)/t13-,14?/m0/s1. The second kappa shape index (κ2) is 13.0. The van der Waals surface area contributed by atoms with Crippen molar-refractivity contribution in [1.29, 1.82) is 0 Å². The second-order valence-corrected chi connectivity index (χ2v) is 8.83. The second-order valence-electron chi connectivity index (χ2n) is 8.07. The number of hydrogen-bond donors (Lipinski definition) is 2. The van der Waals surface area contributed by atoms with Crippen LogP contribution in [0.3, 0.4) is 0 Å². The minimum absolute atomic E-state index is 0.187. The van der Waals surface area contributed by atoms with Crippen molar-refractivity contribution in [1.82, 2.24) is 15.3 Å². The minimum atomic E-state index is -1.55. The quantitative estimate of drug-likeness (QED) is 0.242. The number of ether oxygens (including phenoxy) is 1. The number of amides is 3. The molecule has 0 aromatic rings. The molecule has 0 aromatic heterocycles. The third-order valence-corrected chi connectivity index (χ3v) is 4.59. The maximum atomic E-state index is 12.6. The van der Waals surface area contributed by atoms with Gasteiger partial charge in [-0.1, -0.05) is 5.06 Å². The Hall–Kier alpha value is -1.62. The number of rotatable bonds is 12. The zero-order valence-corrected chi connectivity index (χ0v) is 19.6. The molecule has 2 N–H and O–H groups in total. The summed E-state index contributed by atoms with van der Waals surface area (Å²) in [6.45, 7) is 7.07. The van der Waals surface area contributed by atoms with Crippen molar-refractivity contribution >= 4 is 47.1 Å². The van der Waals surface area contributed by atoms with Gasteiger partial charge in [0.15, 0.2) is 0 Å². The van der Waals surface area contributed by atoms with Crippen molar-refractivity contribution in [2.24, 2.45) is 0 Å². The van der Waals surface area contributed by atoms with E-state index in [4.69, 9.17) is 32.8 Å². The van der Waals surface area contributed by atoms with Crippen LogP contribution in [0.2, 0.25) is 0 Å². The molecule has 1 aliphatic rings. The van der Waals surface area contributed by atoms with Crippen molar-refractivity contribution in [3.05, 3.63) is 0 Å². The van der Waals surface area contributed by atoms with E-state index < -0.39 is 48.0 Å². The van der Waals surface area contributed by atoms with Gasteiger partial charge in [0.25, 0.3) is 11.8 Å². The van der Waals surface area contributed by atoms with Gasteiger partial charge in [-0.15, -0.1) is 23.2 Å². The monoisotopic (exact) mass is 483 g/mol. The van der Waals surface area contributed by atoms with Gasteiger partial charge < -0.3 is 24.9 Å². The van der Waals surface area contributed by atoms with E-state index >= 15 is 0 Å². The van der Waals surface area contributed by atoms with Crippen LogP contribution in [-0.4, -0.2) is 88.1 Å². The number of carbonyl (C=O) groups is 4. The maximum absolute atomic E-state index is 12.6. The normalized spacial score (nSPS) is 17.8. The number of aliphatic hydroxyl groups is 1. The summed E-state index contributed by atoms with van der Waals surface area (Å²) in [7, 11) is 0. The van der Waals surface area contributed by atoms with Crippen molar-refractivity contribution in [2.75, 3.05) is 31.4 Å². The van der Waals surface area contributed by atoms with Gasteiger partial charge in [-0.05, 0) is 46.6 Å². The van der Waals surface area contributed by atoms with Gasteiger partial charge in [-0.2, -0.15) is 0 Å². The zero-order valence-electron chi connectivity index (χ0n) is 18.1. The van der Waals surface area contributed by atoms with Crippen LogP contribution in [0.1, 0.15) is 46.5 Å². The fourth-order valence-electron chi connectivity index (χ4n) is 2.80. The largest absolute Gasteiger partial charge is 0.444 e. The summed E-state index contributed by atoms with van der Waals surface area (Å²) in [5, 5.41) is 12.1. The smallest absolute Gasteiger partial charge is 0.408 e. The average molecular weight is 484 g/mol. The molecular formula is C19H31Cl2N3O7. The number of hydrogen-bond acceptors (Lipinski definition) is 8. The maximum Gasteiger partial charge on any atom is 0.408 e. The Bertz CT molecular complexity index is 636. The molecule has 1 heterocycles. The molecule has 0 aliphatic carbocycles. The van der Waals surface area contributed by atoms with Crippen LogP contribution in [0.5, 0.6) is 0 Å². The van der Waals surface area contributed by atoms with Gasteiger partial charge in [0, 0.05) is 24.8 Å². The summed E-state index contributed by atoms with van der Waals surface area (Å²) in [4.78, 5) is 55.2. The highest BCUT2D eigenvalue weighted by atomic mass is 35.5. The Labute approximate surface area is 192 Å². The molecule has 1 aliphatic heterocycles. The predicted molar refractivity (Wildman–Crippen MR) is 113 cm³/mol. The molecule has 0 spiro atoms. The highest BCUT2D eigenvalue weighted by molar-refractivity contribution is 6.18. The number of alkyl carbamates (subject to hydrolysis) is 1. The first-order chi connectivity index (χ1) is 14.5. The van der Waals surface area contributed by atoms with E-state index in [0.29, 0.717) is 44.2 Å². The highest BCUT2D eigenvalue weighted by Gasteiger charge is 2.41. The molecular weight excluding hydrogens is 453 g/mol. The lowest BCUT2D eigenvalue weighted by atomic mass is 10.1. The van der Waals surface area contributed by atoms with E-state index in [9.17, 15) is 24.3 Å². The van der Waals surface area contributed by atoms with E-state index in [-0.39, 0.29) is 11.5 Å². The van der Waals surface area contributed by atoms with E-state index in [0.717, 1.165) is 0 Å². The summed E-state index contributed by atoms with van der Waals surface area (Å²) in [5.74, 6) is -1.92. The minimum Gasteiger partial charge on any atom is -0.444 e. The first kappa shape index (κ1) is 27.4. The van der Waals surface area contributed by atoms with E-state index in [1.807, 2.05) is 0 Å². The number of nitrogens with one attached hydrogen (secondary N) is 1. The van der Waals surface area contributed by atoms with Crippen LogP contribution in [-0.2, 0) is 24.0 Å². The number of imide groups is 1. The highest BCUT2D eigenvalue weighted by Crippen LogP contribution is 2.15. The lowest BCUT2D eigenvalue weighted by Crippen LogP contribution is -2.47. The summed E-state index contributed by atoms with van der Waals surface area (Å²) < 4.78 is 5.17. The third kappa shape index (κ3) is 10.0. The number of aliphatic hydroxyl groups excluding tert-OH is 1. The van der Waals surface area contributed by atoms with Gasteiger partial charge in [-0.25, -0.2) is 9.59 Å². The Kier molecular flexibility index (Phi) is 11.5. The Morgan fingerprint density at radius 2 is 1.81 bits per heavy atom. The fourth-order valence-corrected chi connectivity index (χ4v) is 3.28. The third-order valence-electron chi connectivity index (χ3n) is 4.26. The molecule has 10 nitrogen and oxygen atoms in total. The first-order valence-corrected chi connectivity index (χ1v) is 11.2. The molecule has 1 unspecified atom stereocenters. The summed E-state index contributed by atoms with van der Waals surface area (Å²) in [6.07, 6.45) is -1.44. The summed E-state index contributed by atoms with van der Waals surface area (Å²) >= 11 is 11.6. The van der Waals surface area contributed by atoms with Crippen molar-refractivity contribution in [2.45, 2.75) is 64.2 Å². The number of unbranched alkanes of at least 4 members (excludes halogenated alkanes) is 1. The molecule has 31 heavy (non-hydrogen) atoms. The van der Waals surface area contributed by atoms with Crippen LogP contribution in [0, 0.1) is 0 Å². The molecule has 0 bridgehead atoms. The lowest BCUT2D eigenvalue weighted by molar-refractivity contribution is -0.200. The van der Waals surface area contributed by atoms with Gasteiger partial charge in [-0.3, -0.25) is 9.59 Å². The lowest BCUT2D eigenvalue weighted by Gasteiger charge is -2.24. The molecule has 1 saturated heterocycles. The Balaban J connectivity index is 2.71. The van der Waals surface area contributed by atoms with Crippen LogP contribution >= 0.6 is 23.2 Å². The van der Waals surface area contributed by atoms with Crippen molar-refractivity contribution < 1.29 is 33.9 Å². The molecule has 1 fully saturated rings. The molecule has 0 radical (unpaired) electrons. The molecule has 0 aromatic carbocycles. The van der Waals surface area contributed by atoms with Gasteiger partial charge in [0.2, 0.25) is 0 Å². The van der Waals surface area contributed by atoms with Crippen LogP contribution in [0.25, 0.3) is 0 Å². The number of carbonyl (C=O) groups excluding carboxylic acids is 4. The van der Waals surface area contributed by atoms with Gasteiger partial charge >= 0.3 is 12.1 Å². The molecule has 2 atom stereocenters. The van der Waals surface area contributed by atoms with Crippen LogP contribution in [0.4, 0.5) is 4.79 Å². The van der Waals surface area contributed by atoms with Crippen molar-refractivity contribution in [3.8, 4) is 0 Å². The van der Waals surface area contributed by atoms with Gasteiger partial charge in [0.1, 0.15) is 17.7 Å². The molecule has 1 rings (SSSR count). The van der Waals surface area contributed by atoms with E-state index in [1.54, 1.807) is 20.8 Å². The topological polar surface area (TPSA) is 125 Å². The van der Waals surface area contributed by atoms with Gasteiger partial charge in [0.05, 0.1) is 6.42 Å². The average Bonchev–Trinajstić information content (AvgIpc) is 2.89. The number of halogens is 2. The number of nitrogens with zero attached hydrogens (tertiary/aromatic N) is 2. The summed E-state index contributed by atoms with van der Waals surface area (Å²) in [5.41, 5.74) is -0.785. The number of alkyl halides is 2. The fraction of sp³-hybridized carbons (Fsp3) is 0.789. The molecule has 12 heteroatoms. The van der Waals surface area contributed by atoms with Crippen molar-refractivity contribution in [3.63, 3.8) is 0 Å². The molecule has 3 amide bonds. The Morgan fingerprint density at radius 1 is 1.19 bits per heavy atom. The van der Waals surface area contributed by atoms with E-state index in [2.05, 4.69) is 10.2 Å². The molecule has 0 saturated carbocycles. The van der Waals surface area contributed by atoms with Crippen LogP contribution < -0.4 is 5.32 Å². The molecule has 178 valence electrons. The first-order valence-electron chi connectivity index (χ1n) is 10.1. The zero-order chi connectivity index (χ0) is 23.6. The number of hydroxylamine groups is 2. The van der Waals surface area contributed by atoms with Crippen LogP contribution in [0.15, 0.2) is 0 Å². The summed E-state index contributed by atoms with van der Waals surface area (Å²) in [6, 6.07) is -1.15. The van der Waals surface area contributed by atoms with E-state index in [1.165, 1.54) is 0 Å². The SMILES string of the molecule is CC(C)(C)OC(=O)N[C@@H](CCCCN(CCCl)CCCl)C(=O)ON1C(=O)CC(O)C1=O.